The highest BCUT2D eigenvalue weighted by atomic mass is 35.5. The van der Waals surface area contributed by atoms with Crippen molar-refractivity contribution in [2.24, 2.45) is 0 Å². The maximum atomic E-state index is 5.95. The first-order valence-corrected chi connectivity index (χ1v) is 7.41. The van der Waals surface area contributed by atoms with Gasteiger partial charge in [0.1, 0.15) is 0 Å². The van der Waals surface area contributed by atoms with Gasteiger partial charge in [-0.1, -0.05) is 30.7 Å². The predicted molar refractivity (Wildman–Crippen MR) is 85.0 cm³/mol. The predicted octanol–water partition coefficient (Wildman–Crippen LogP) is 3.59. The fourth-order valence-corrected chi connectivity index (χ4v) is 2.18. The first-order valence-electron chi connectivity index (χ1n) is 7.03. The highest BCUT2D eigenvalue weighted by Gasteiger charge is 2.31. The van der Waals surface area contributed by atoms with E-state index in [1.807, 2.05) is 12.1 Å². The maximum Gasteiger partial charge on any atom is 0.0406 e. The molecule has 1 aromatic carbocycles. The van der Waals surface area contributed by atoms with Gasteiger partial charge in [0.15, 0.2) is 0 Å². The third-order valence-corrected chi connectivity index (χ3v) is 4.25. The maximum absolute atomic E-state index is 5.95. The summed E-state index contributed by atoms with van der Waals surface area (Å²) in [6.07, 6.45) is 2.17. The van der Waals surface area contributed by atoms with Crippen LogP contribution in [0.4, 0.5) is 0 Å². The van der Waals surface area contributed by atoms with E-state index < -0.39 is 0 Å². The Bertz CT molecular complexity index is 371. The van der Waals surface area contributed by atoms with Crippen LogP contribution in [0.5, 0.6) is 0 Å². The third kappa shape index (κ3) is 4.79. The molecule has 0 saturated heterocycles. The average molecular weight is 283 g/mol. The summed E-state index contributed by atoms with van der Waals surface area (Å²) < 4.78 is 0. The number of likely N-dealkylation sites (N-methyl/N-ethyl adjacent to an activating group) is 1. The van der Waals surface area contributed by atoms with Crippen LogP contribution in [0.3, 0.4) is 0 Å². The molecule has 0 spiro atoms. The molecule has 3 heteroatoms. The molecule has 1 rings (SSSR count). The molecule has 0 radical (unpaired) electrons. The third-order valence-electron chi connectivity index (χ3n) is 4.00. The van der Waals surface area contributed by atoms with Gasteiger partial charge in [0, 0.05) is 16.6 Å². The first-order chi connectivity index (χ1) is 8.87. The average Bonchev–Trinajstić information content (AvgIpc) is 2.36. The van der Waals surface area contributed by atoms with Crippen molar-refractivity contribution in [1.29, 1.82) is 0 Å². The fraction of sp³-hybridized carbons (Fsp3) is 0.625. The Morgan fingerprint density at radius 2 is 1.79 bits per heavy atom. The normalized spacial score (nSPS) is 13.8. The van der Waals surface area contributed by atoms with Crippen molar-refractivity contribution >= 4 is 11.6 Å². The molecule has 1 unspecified atom stereocenters. The van der Waals surface area contributed by atoms with Gasteiger partial charge in [0.25, 0.3) is 0 Å². The second-order valence-corrected chi connectivity index (χ2v) is 6.32. The lowest BCUT2D eigenvalue weighted by atomic mass is 9.88. The van der Waals surface area contributed by atoms with Crippen molar-refractivity contribution in [2.75, 3.05) is 20.6 Å². The van der Waals surface area contributed by atoms with Crippen LogP contribution in [0.2, 0.25) is 5.02 Å². The molecule has 0 amide bonds. The van der Waals surface area contributed by atoms with Crippen molar-refractivity contribution in [3.63, 3.8) is 0 Å². The Hall–Kier alpha value is -0.570. The van der Waals surface area contributed by atoms with E-state index in [-0.39, 0.29) is 5.54 Å². The Labute approximate surface area is 123 Å². The number of rotatable bonds is 7. The molecule has 1 N–H and O–H groups in total. The summed E-state index contributed by atoms with van der Waals surface area (Å²) in [6, 6.07) is 8.60. The van der Waals surface area contributed by atoms with Crippen molar-refractivity contribution < 1.29 is 0 Å². The van der Waals surface area contributed by atoms with E-state index in [4.69, 9.17) is 11.6 Å². The van der Waals surface area contributed by atoms with E-state index in [1.165, 1.54) is 5.56 Å². The number of hydrogen-bond acceptors (Lipinski definition) is 2. The Morgan fingerprint density at radius 1 is 1.21 bits per heavy atom. The molecular formula is C16H27ClN2. The van der Waals surface area contributed by atoms with Gasteiger partial charge in [-0.2, -0.15) is 0 Å². The van der Waals surface area contributed by atoms with Crippen LogP contribution in [0.25, 0.3) is 0 Å². The summed E-state index contributed by atoms with van der Waals surface area (Å²) in [7, 11) is 4.28. The van der Waals surface area contributed by atoms with E-state index in [9.17, 15) is 0 Å². The lowest BCUT2D eigenvalue weighted by molar-refractivity contribution is 0.137. The SMILES string of the molecule is CCCNC(Cc1ccc(Cl)cc1)C(C)(C)N(C)C. The highest BCUT2D eigenvalue weighted by Crippen LogP contribution is 2.20. The van der Waals surface area contributed by atoms with E-state index in [0.717, 1.165) is 24.4 Å². The van der Waals surface area contributed by atoms with Crippen LogP contribution in [-0.4, -0.2) is 37.1 Å². The van der Waals surface area contributed by atoms with Gasteiger partial charge in [-0.3, -0.25) is 0 Å². The summed E-state index contributed by atoms with van der Waals surface area (Å²) in [5, 5.41) is 4.48. The second-order valence-electron chi connectivity index (χ2n) is 5.89. The summed E-state index contributed by atoms with van der Waals surface area (Å²) in [4.78, 5) is 2.29. The monoisotopic (exact) mass is 282 g/mol. The minimum Gasteiger partial charge on any atom is -0.312 e. The van der Waals surface area contributed by atoms with Gasteiger partial charge in [0.05, 0.1) is 0 Å². The summed E-state index contributed by atoms with van der Waals surface area (Å²) >= 11 is 5.95. The Balaban J connectivity index is 2.82. The van der Waals surface area contributed by atoms with Gasteiger partial charge in [0.2, 0.25) is 0 Å². The van der Waals surface area contributed by atoms with Gasteiger partial charge in [-0.15, -0.1) is 0 Å². The van der Waals surface area contributed by atoms with Crippen molar-refractivity contribution in [1.82, 2.24) is 10.2 Å². The molecule has 0 bridgehead atoms. The fourth-order valence-electron chi connectivity index (χ4n) is 2.06. The van der Waals surface area contributed by atoms with Gasteiger partial charge < -0.3 is 10.2 Å². The lowest BCUT2D eigenvalue weighted by Crippen LogP contribution is -2.56. The topological polar surface area (TPSA) is 15.3 Å². The molecule has 0 fully saturated rings. The van der Waals surface area contributed by atoms with Crippen LogP contribution in [0.15, 0.2) is 24.3 Å². The number of benzene rings is 1. The van der Waals surface area contributed by atoms with Crippen molar-refractivity contribution in [3.8, 4) is 0 Å². The van der Waals surface area contributed by atoms with E-state index in [0.29, 0.717) is 6.04 Å². The molecule has 0 aliphatic carbocycles. The Morgan fingerprint density at radius 3 is 2.26 bits per heavy atom. The molecule has 1 atom stereocenters. The number of halogens is 1. The van der Waals surface area contributed by atoms with Crippen molar-refractivity contribution in [3.05, 3.63) is 34.9 Å². The smallest absolute Gasteiger partial charge is 0.0406 e. The molecule has 1 aromatic rings. The lowest BCUT2D eigenvalue weighted by Gasteiger charge is -2.41. The zero-order chi connectivity index (χ0) is 14.5. The van der Waals surface area contributed by atoms with Crippen LogP contribution < -0.4 is 5.32 Å². The number of nitrogens with one attached hydrogen (secondary N) is 1. The zero-order valence-electron chi connectivity index (χ0n) is 12.8. The zero-order valence-corrected chi connectivity index (χ0v) is 13.6. The molecule has 0 saturated carbocycles. The quantitative estimate of drug-likeness (QED) is 0.822. The van der Waals surface area contributed by atoms with E-state index in [2.05, 4.69) is 57.2 Å². The molecular weight excluding hydrogens is 256 g/mol. The molecule has 19 heavy (non-hydrogen) atoms. The van der Waals surface area contributed by atoms with Crippen LogP contribution in [-0.2, 0) is 6.42 Å². The van der Waals surface area contributed by atoms with Gasteiger partial charge in [-0.25, -0.2) is 0 Å². The largest absolute Gasteiger partial charge is 0.312 e. The molecule has 0 aliphatic rings. The summed E-state index contributed by atoms with van der Waals surface area (Å²) in [5.74, 6) is 0. The number of nitrogens with zero attached hydrogens (tertiary/aromatic N) is 1. The molecule has 0 aromatic heterocycles. The highest BCUT2D eigenvalue weighted by molar-refractivity contribution is 6.30. The van der Waals surface area contributed by atoms with Crippen LogP contribution in [0, 0.1) is 0 Å². The Kier molecular flexibility index (Phi) is 6.31. The number of hydrogen-bond donors (Lipinski definition) is 1. The van der Waals surface area contributed by atoms with Crippen molar-refractivity contribution in [2.45, 2.75) is 45.2 Å². The molecule has 0 aliphatic heterocycles. The minimum atomic E-state index is 0.106. The molecule has 0 heterocycles. The van der Waals surface area contributed by atoms with Gasteiger partial charge >= 0.3 is 0 Å². The van der Waals surface area contributed by atoms with Crippen LogP contribution in [0.1, 0.15) is 32.8 Å². The minimum absolute atomic E-state index is 0.106. The van der Waals surface area contributed by atoms with Gasteiger partial charge in [-0.05, 0) is 65.0 Å². The summed E-state index contributed by atoms with van der Waals surface area (Å²) in [5.41, 5.74) is 1.43. The second kappa shape index (κ2) is 7.28. The standard InChI is InChI=1S/C16H27ClN2/c1-6-11-18-15(16(2,3)19(4)5)12-13-7-9-14(17)10-8-13/h7-10,15,18H,6,11-12H2,1-5H3. The molecule has 108 valence electrons. The van der Waals surface area contributed by atoms with Crippen LogP contribution >= 0.6 is 11.6 Å². The van der Waals surface area contributed by atoms with E-state index >= 15 is 0 Å². The van der Waals surface area contributed by atoms with E-state index in [1.54, 1.807) is 0 Å². The summed E-state index contributed by atoms with van der Waals surface area (Å²) in [6.45, 7) is 7.83. The molecule has 2 nitrogen and oxygen atoms in total. The first kappa shape index (κ1) is 16.5.